The molecule has 1 N–H and O–H groups in total. The molecule has 2 aromatic carbocycles. The molecular weight excluding hydrogens is 412 g/mol. The van der Waals surface area contributed by atoms with Gasteiger partial charge in [-0.3, -0.25) is 4.79 Å². The number of carbonyl (C=O) groups is 1. The summed E-state index contributed by atoms with van der Waals surface area (Å²) in [4.78, 5) is 17.1. The topological polar surface area (TPSA) is 75.0 Å². The fourth-order valence-corrected chi connectivity index (χ4v) is 4.37. The maximum atomic E-state index is 14.7. The third-order valence-corrected chi connectivity index (χ3v) is 5.77. The zero-order valence-electron chi connectivity index (χ0n) is 16.8. The molecule has 7 heteroatoms. The van der Waals surface area contributed by atoms with Gasteiger partial charge in [0.25, 0.3) is 5.91 Å². The van der Waals surface area contributed by atoms with Crippen LogP contribution < -0.4 is 5.32 Å². The van der Waals surface area contributed by atoms with E-state index in [1.807, 2.05) is 6.07 Å². The number of amides is 1. The molecule has 3 heterocycles. The summed E-state index contributed by atoms with van der Waals surface area (Å²) in [6.45, 7) is 0. The molecule has 0 saturated carbocycles. The second kappa shape index (κ2) is 7.98. The van der Waals surface area contributed by atoms with Crippen LogP contribution in [0.3, 0.4) is 0 Å². The van der Waals surface area contributed by atoms with Gasteiger partial charge >= 0.3 is 0 Å². The SMILES string of the molecule is N#Cc1cc(C2=C(C(=O)Nc3ccc(-c4ccccc4F)c(F)c3)[C@H]3CC[C@@H]2O3)ccn1. The summed E-state index contributed by atoms with van der Waals surface area (Å²) >= 11 is 0. The lowest BCUT2D eigenvalue weighted by Crippen LogP contribution is -2.23. The fraction of sp³-hybridized carbons (Fsp3) is 0.160. The van der Waals surface area contributed by atoms with E-state index in [0.29, 0.717) is 12.0 Å². The number of benzene rings is 2. The lowest BCUT2D eigenvalue weighted by atomic mass is 9.87. The van der Waals surface area contributed by atoms with Crippen LogP contribution in [0.2, 0.25) is 0 Å². The Morgan fingerprint density at radius 1 is 1.03 bits per heavy atom. The largest absolute Gasteiger partial charge is 0.365 e. The van der Waals surface area contributed by atoms with Crippen LogP contribution >= 0.6 is 0 Å². The molecule has 0 spiro atoms. The minimum Gasteiger partial charge on any atom is -0.365 e. The van der Waals surface area contributed by atoms with Gasteiger partial charge in [0.1, 0.15) is 23.4 Å². The lowest BCUT2D eigenvalue weighted by molar-refractivity contribution is -0.113. The predicted octanol–water partition coefficient (Wildman–Crippen LogP) is 4.85. The molecule has 2 aliphatic heterocycles. The van der Waals surface area contributed by atoms with Crippen LogP contribution in [0.5, 0.6) is 0 Å². The van der Waals surface area contributed by atoms with Crippen LogP contribution in [0.15, 0.2) is 66.4 Å². The van der Waals surface area contributed by atoms with E-state index in [9.17, 15) is 13.6 Å². The minimum absolute atomic E-state index is 0.116. The highest BCUT2D eigenvalue weighted by Gasteiger charge is 2.43. The summed E-state index contributed by atoms with van der Waals surface area (Å²) in [7, 11) is 0. The van der Waals surface area contributed by atoms with Crippen molar-refractivity contribution in [3.05, 3.63) is 89.3 Å². The maximum Gasteiger partial charge on any atom is 0.254 e. The van der Waals surface area contributed by atoms with Crippen molar-refractivity contribution in [2.24, 2.45) is 0 Å². The van der Waals surface area contributed by atoms with E-state index >= 15 is 0 Å². The smallest absolute Gasteiger partial charge is 0.254 e. The summed E-state index contributed by atoms with van der Waals surface area (Å²) in [5, 5.41) is 11.9. The maximum absolute atomic E-state index is 14.7. The number of nitriles is 1. The number of ether oxygens (including phenoxy) is 1. The molecule has 1 saturated heterocycles. The molecular formula is C25H17F2N3O2. The van der Waals surface area contributed by atoms with Crippen molar-refractivity contribution >= 4 is 17.2 Å². The summed E-state index contributed by atoms with van der Waals surface area (Å²) in [6, 6.07) is 15.5. The van der Waals surface area contributed by atoms with Gasteiger partial charge in [0.05, 0.1) is 17.8 Å². The molecule has 0 aliphatic carbocycles. The molecule has 1 fully saturated rings. The molecule has 32 heavy (non-hydrogen) atoms. The lowest BCUT2D eigenvalue weighted by Gasteiger charge is -2.17. The molecule has 5 rings (SSSR count). The van der Waals surface area contributed by atoms with Gasteiger partial charge in [-0.15, -0.1) is 0 Å². The molecule has 0 unspecified atom stereocenters. The standard InChI is InChI=1S/C25H17F2N3O2/c26-19-4-2-1-3-17(19)18-6-5-15(12-20(18)27)30-25(31)24-22-8-7-21(32-22)23(24)14-9-10-29-16(11-14)13-28/h1-6,9-12,21-22H,7-8H2,(H,30,31)/t21-,22+/m0/s1. The number of halogens is 2. The van der Waals surface area contributed by atoms with Crippen LogP contribution in [0.1, 0.15) is 24.1 Å². The van der Waals surface area contributed by atoms with E-state index in [1.54, 1.807) is 18.2 Å². The van der Waals surface area contributed by atoms with Crippen molar-refractivity contribution in [1.29, 1.82) is 5.26 Å². The van der Waals surface area contributed by atoms with E-state index in [1.165, 1.54) is 42.6 Å². The van der Waals surface area contributed by atoms with Crippen molar-refractivity contribution in [3.8, 4) is 17.2 Å². The number of anilines is 1. The monoisotopic (exact) mass is 429 g/mol. The third kappa shape index (κ3) is 3.45. The highest BCUT2D eigenvalue weighted by atomic mass is 19.1. The number of aromatic nitrogens is 1. The number of nitrogens with one attached hydrogen (secondary N) is 1. The van der Waals surface area contributed by atoms with E-state index in [2.05, 4.69) is 10.3 Å². The second-order valence-electron chi connectivity index (χ2n) is 7.69. The Bertz CT molecular complexity index is 1310. The van der Waals surface area contributed by atoms with E-state index in [4.69, 9.17) is 10.00 Å². The molecule has 3 aromatic rings. The van der Waals surface area contributed by atoms with Crippen molar-refractivity contribution in [1.82, 2.24) is 4.98 Å². The Hall–Kier alpha value is -3.89. The number of nitrogens with zero attached hydrogens (tertiary/aromatic N) is 2. The van der Waals surface area contributed by atoms with E-state index in [-0.39, 0.29) is 40.6 Å². The average molecular weight is 429 g/mol. The first-order valence-corrected chi connectivity index (χ1v) is 10.2. The molecule has 158 valence electrons. The highest BCUT2D eigenvalue weighted by Crippen LogP contribution is 2.44. The Morgan fingerprint density at radius 2 is 1.81 bits per heavy atom. The normalized spacial score (nSPS) is 19.2. The molecule has 5 nitrogen and oxygen atoms in total. The Kier molecular flexibility index (Phi) is 5.00. The van der Waals surface area contributed by atoms with Crippen molar-refractivity contribution < 1.29 is 18.3 Å². The quantitative estimate of drug-likeness (QED) is 0.643. The first-order chi connectivity index (χ1) is 15.5. The summed E-state index contributed by atoms with van der Waals surface area (Å²) in [5.74, 6) is -1.55. The van der Waals surface area contributed by atoms with Crippen LogP contribution in [0, 0.1) is 23.0 Å². The Balaban J connectivity index is 1.46. The molecule has 2 atom stereocenters. The summed E-state index contributed by atoms with van der Waals surface area (Å²) in [6.07, 6.45) is 2.45. The number of carbonyl (C=O) groups excluding carboxylic acids is 1. The number of hydrogen-bond acceptors (Lipinski definition) is 4. The summed E-state index contributed by atoms with van der Waals surface area (Å²) in [5.41, 5.74) is 2.72. The zero-order valence-corrected chi connectivity index (χ0v) is 16.8. The van der Waals surface area contributed by atoms with Crippen LogP contribution in [0.25, 0.3) is 16.7 Å². The predicted molar refractivity (Wildman–Crippen MR) is 114 cm³/mol. The van der Waals surface area contributed by atoms with E-state index in [0.717, 1.165) is 17.6 Å². The fourth-order valence-electron chi connectivity index (χ4n) is 4.37. The second-order valence-corrected chi connectivity index (χ2v) is 7.69. The highest BCUT2D eigenvalue weighted by molar-refractivity contribution is 6.11. The number of fused-ring (bicyclic) bond motifs is 2. The molecule has 1 amide bonds. The van der Waals surface area contributed by atoms with E-state index < -0.39 is 11.6 Å². The summed E-state index contributed by atoms with van der Waals surface area (Å²) < 4.78 is 34.7. The number of pyridine rings is 1. The van der Waals surface area contributed by atoms with Gasteiger partial charge in [-0.1, -0.05) is 18.2 Å². The van der Waals surface area contributed by atoms with Crippen LogP contribution in [-0.2, 0) is 9.53 Å². The Labute approximate surface area is 183 Å². The molecule has 0 radical (unpaired) electrons. The zero-order chi connectivity index (χ0) is 22.2. The number of rotatable bonds is 4. The molecule has 2 aliphatic rings. The van der Waals surface area contributed by atoms with Gasteiger partial charge in [-0.2, -0.15) is 5.26 Å². The molecule has 1 aromatic heterocycles. The Morgan fingerprint density at radius 3 is 2.59 bits per heavy atom. The number of hydrogen-bond donors (Lipinski definition) is 1. The third-order valence-electron chi connectivity index (χ3n) is 5.77. The van der Waals surface area contributed by atoms with Gasteiger partial charge in [-0.05, 0) is 60.4 Å². The van der Waals surface area contributed by atoms with Crippen molar-refractivity contribution in [3.63, 3.8) is 0 Å². The van der Waals surface area contributed by atoms with Gasteiger partial charge in [0.15, 0.2) is 0 Å². The van der Waals surface area contributed by atoms with Gasteiger partial charge < -0.3 is 10.1 Å². The van der Waals surface area contributed by atoms with Gasteiger partial charge in [-0.25, -0.2) is 13.8 Å². The van der Waals surface area contributed by atoms with Crippen molar-refractivity contribution in [2.45, 2.75) is 25.0 Å². The minimum atomic E-state index is -0.640. The van der Waals surface area contributed by atoms with Gasteiger partial charge in [0.2, 0.25) is 0 Å². The average Bonchev–Trinajstić information content (AvgIpc) is 3.42. The van der Waals surface area contributed by atoms with Crippen LogP contribution in [-0.4, -0.2) is 23.1 Å². The van der Waals surface area contributed by atoms with Crippen LogP contribution in [0.4, 0.5) is 14.5 Å². The first kappa shape index (κ1) is 20.0. The molecule has 2 bridgehead atoms. The van der Waals surface area contributed by atoms with Gasteiger partial charge in [0, 0.05) is 23.0 Å². The first-order valence-electron chi connectivity index (χ1n) is 10.2. The van der Waals surface area contributed by atoms with Crippen molar-refractivity contribution in [2.75, 3.05) is 5.32 Å².